The van der Waals surface area contributed by atoms with Gasteiger partial charge in [0, 0.05) is 12.4 Å². The van der Waals surface area contributed by atoms with Crippen LogP contribution in [0.2, 0.25) is 0 Å². The van der Waals surface area contributed by atoms with E-state index in [4.69, 9.17) is 4.42 Å². The number of rotatable bonds is 3. The molecule has 3 aromatic rings. The van der Waals surface area contributed by atoms with Gasteiger partial charge in [0.05, 0.1) is 18.3 Å². The average Bonchev–Trinajstić information content (AvgIpc) is 3.19. The summed E-state index contributed by atoms with van der Waals surface area (Å²) in [6, 6.07) is 10.5. The van der Waals surface area contributed by atoms with E-state index < -0.39 is 11.8 Å². The van der Waals surface area contributed by atoms with Gasteiger partial charge < -0.3 is 19.4 Å². The maximum atomic E-state index is 11.7. The summed E-state index contributed by atoms with van der Waals surface area (Å²) in [6.07, 6.45) is 1.46. The van der Waals surface area contributed by atoms with Crippen LogP contribution in [0.25, 0.3) is 10.9 Å². The van der Waals surface area contributed by atoms with Crippen molar-refractivity contribution in [2.24, 2.45) is 17.3 Å². The lowest BCUT2D eigenvalue weighted by Crippen LogP contribution is -2.28. The molecule has 2 heterocycles. The number of fused-ring (bicyclic) bond motifs is 1. The van der Waals surface area contributed by atoms with Gasteiger partial charge in [0.1, 0.15) is 5.76 Å². The van der Waals surface area contributed by atoms with Crippen molar-refractivity contribution in [1.82, 2.24) is 9.88 Å². The summed E-state index contributed by atoms with van der Waals surface area (Å²) in [6.45, 7) is 0.0760. The Morgan fingerprint density at radius 3 is 2.79 bits per heavy atom. The summed E-state index contributed by atoms with van der Waals surface area (Å²) >= 11 is 0. The fraction of sp³-hybridized carbons (Fsp3) is 0.125. The molecule has 24 heavy (non-hydrogen) atoms. The van der Waals surface area contributed by atoms with Crippen molar-refractivity contribution < 1.29 is 19.1 Å². The lowest BCUT2D eigenvalue weighted by Gasteiger charge is -1.98. The summed E-state index contributed by atoms with van der Waals surface area (Å²) in [5.41, 5.74) is 0.874. The Balaban J connectivity index is 1.74. The van der Waals surface area contributed by atoms with Crippen LogP contribution in [-0.2, 0) is 23.2 Å². The Hall–Kier alpha value is -3.42. The first-order valence-corrected chi connectivity index (χ1v) is 7.10. The monoisotopic (exact) mass is 326 g/mol. The van der Waals surface area contributed by atoms with E-state index >= 15 is 0 Å². The van der Waals surface area contributed by atoms with Crippen molar-refractivity contribution in [3.8, 4) is 5.88 Å². The molecule has 3 rings (SSSR count). The van der Waals surface area contributed by atoms with Crippen molar-refractivity contribution in [2.45, 2.75) is 6.54 Å². The number of furan rings is 1. The van der Waals surface area contributed by atoms with Gasteiger partial charge in [-0.15, -0.1) is 10.2 Å². The molecular weight excluding hydrogens is 312 g/mol. The number of hydrogen-bond donors (Lipinski definition) is 2. The molecular formula is C16H14N4O4. The number of nitrogens with one attached hydrogen (secondary N) is 1. The predicted octanol–water partition coefficient (Wildman–Crippen LogP) is 2.40. The summed E-state index contributed by atoms with van der Waals surface area (Å²) in [5, 5.41) is 20.2. The Morgan fingerprint density at radius 1 is 1.25 bits per heavy atom. The van der Waals surface area contributed by atoms with Gasteiger partial charge in [-0.25, -0.2) is 0 Å². The zero-order chi connectivity index (χ0) is 17.1. The Kier molecular flexibility index (Phi) is 4.11. The van der Waals surface area contributed by atoms with E-state index in [1.54, 1.807) is 37.4 Å². The number of carbonyl (C=O) groups excluding carboxylic acids is 2. The van der Waals surface area contributed by atoms with Crippen LogP contribution in [0.3, 0.4) is 0 Å². The third-order valence-electron chi connectivity index (χ3n) is 3.49. The molecule has 0 aliphatic rings. The van der Waals surface area contributed by atoms with Gasteiger partial charge in [-0.3, -0.25) is 9.59 Å². The zero-order valence-corrected chi connectivity index (χ0v) is 12.8. The third kappa shape index (κ3) is 2.89. The first kappa shape index (κ1) is 15.5. The first-order chi connectivity index (χ1) is 11.6. The van der Waals surface area contributed by atoms with E-state index in [2.05, 4.69) is 15.5 Å². The van der Waals surface area contributed by atoms with Gasteiger partial charge in [0.15, 0.2) is 5.69 Å². The van der Waals surface area contributed by atoms with Gasteiger partial charge >= 0.3 is 11.8 Å². The number of carbonyl (C=O) groups is 2. The standard InChI is InChI=1S/C16H14N4O4/c1-20-12-7-3-2-6-11(12)13(16(20)23)18-19-15(22)14(21)17-9-10-5-4-8-24-10/h2-8,23H,9H2,1H3,(H,17,21). The molecule has 2 amide bonds. The fourth-order valence-electron chi connectivity index (χ4n) is 2.26. The summed E-state index contributed by atoms with van der Waals surface area (Å²) in [4.78, 5) is 23.4. The quantitative estimate of drug-likeness (QED) is 0.569. The fourth-order valence-corrected chi connectivity index (χ4v) is 2.26. The molecule has 0 unspecified atom stereocenters. The number of hydrogen-bond acceptors (Lipinski definition) is 5. The molecule has 1 aromatic carbocycles. The summed E-state index contributed by atoms with van der Waals surface area (Å²) in [7, 11) is 1.66. The highest BCUT2D eigenvalue weighted by atomic mass is 16.3. The zero-order valence-electron chi connectivity index (χ0n) is 12.8. The van der Waals surface area contributed by atoms with Crippen molar-refractivity contribution in [3.05, 3.63) is 48.4 Å². The Labute approximate surface area is 136 Å². The van der Waals surface area contributed by atoms with Gasteiger partial charge in [-0.05, 0) is 18.2 Å². The lowest BCUT2D eigenvalue weighted by molar-refractivity contribution is -0.137. The number of aromatic nitrogens is 1. The molecule has 0 fully saturated rings. The smallest absolute Gasteiger partial charge is 0.353 e. The van der Waals surface area contributed by atoms with E-state index in [0.29, 0.717) is 11.1 Å². The topological polar surface area (TPSA) is 109 Å². The lowest BCUT2D eigenvalue weighted by atomic mass is 10.2. The minimum atomic E-state index is -1.06. The van der Waals surface area contributed by atoms with Crippen molar-refractivity contribution >= 4 is 28.4 Å². The second-order valence-electron chi connectivity index (χ2n) is 5.02. The SMILES string of the molecule is Cn1c(O)c(N=NC(=O)C(=O)NCc2ccco2)c2ccccc21. The second-order valence-corrected chi connectivity index (χ2v) is 5.02. The molecule has 0 saturated heterocycles. The highest BCUT2D eigenvalue weighted by Crippen LogP contribution is 2.37. The molecule has 0 radical (unpaired) electrons. The number of para-hydroxylation sites is 1. The van der Waals surface area contributed by atoms with Gasteiger partial charge in [0.25, 0.3) is 0 Å². The van der Waals surface area contributed by atoms with Crippen molar-refractivity contribution in [2.75, 3.05) is 0 Å². The predicted molar refractivity (Wildman–Crippen MR) is 84.7 cm³/mol. The van der Waals surface area contributed by atoms with E-state index in [0.717, 1.165) is 5.52 Å². The minimum Gasteiger partial charge on any atom is -0.493 e. The van der Waals surface area contributed by atoms with Gasteiger partial charge in [0.2, 0.25) is 5.88 Å². The number of aromatic hydroxyl groups is 1. The van der Waals surface area contributed by atoms with E-state index in [-0.39, 0.29) is 18.1 Å². The molecule has 0 aliphatic carbocycles. The molecule has 0 aliphatic heterocycles. The van der Waals surface area contributed by atoms with Crippen LogP contribution in [0.5, 0.6) is 5.88 Å². The summed E-state index contributed by atoms with van der Waals surface area (Å²) in [5.74, 6) is -1.59. The van der Waals surface area contributed by atoms with Crippen LogP contribution in [-0.4, -0.2) is 21.5 Å². The first-order valence-electron chi connectivity index (χ1n) is 7.10. The van der Waals surface area contributed by atoms with Crippen LogP contribution < -0.4 is 5.32 Å². The molecule has 2 aromatic heterocycles. The highest BCUT2D eigenvalue weighted by Gasteiger charge is 2.16. The molecule has 0 spiro atoms. The van der Waals surface area contributed by atoms with Crippen LogP contribution in [0.15, 0.2) is 57.3 Å². The van der Waals surface area contributed by atoms with Crippen LogP contribution in [0.1, 0.15) is 5.76 Å². The van der Waals surface area contributed by atoms with E-state index in [1.165, 1.54) is 10.8 Å². The Morgan fingerprint density at radius 2 is 2.04 bits per heavy atom. The van der Waals surface area contributed by atoms with E-state index in [1.807, 2.05) is 6.07 Å². The molecule has 8 nitrogen and oxygen atoms in total. The number of nitrogens with zero attached hydrogens (tertiary/aromatic N) is 3. The Bertz CT molecular complexity index is 925. The molecule has 2 N–H and O–H groups in total. The second kappa shape index (κ2) is 6.37. The largest absolute Gasteiger partial charge is 0.493 e. The minimum absolute atomic E-state index is 0.0760. The number of aryl methyl sites for hydroxylation is 1. The van der Waals surface area contributed by atoms with Crippen molar-refractivity contribution in [1.29, 1.82) is 0 Å². The molecule has 0 bridgehead atoms. The summed E-state index contributed by atoms with van der Waals surface area (Å²) < 4.78 is 6.56. The molecule has 8 heteroatoms. The maximum absolute atomic E-state index is 11.7. The van der Waals surface area contributed by atoms with Crippen LogP contribution in [0.4, 0.5) is 5.69 Å². The molecule has 0 atom stereocenters. The van der Waals surface area contributed by atoms with Gasteiger partial charge in [-0.2, -0.15) is 0 Å². The highest BCUT2D eigenvalue weighted by molar-refractivity contribution is 6.35. The third-order valence-corrected chi connectivity index (χ3v) is 3.49. The number of amides is 2. The van der Waals surface area contributed by atoms with Crippen LogP contribution >= 0.6 is 0 Å². The molecule has 122 valence electrons. The maximum Gasteiger partial charge on any atom is 0.353 e. The average molecular weight is 326 g/mol. The number of benzene rings is 1. The van der Waals surface area contributed by atoms with E-state index in [9.17, 15) is 14.7 Å². The van der Waals surface area contributed by atoms with Crippen LogP contribution in [0, 0.1) is 0 Å². The van der Waals surface area contributed by atoms with Gasteiger partial charge in [-0.1, -0.05) is 18.2 Å². The van der Waals surface area contributed by atoms with Crippen molar-refractivity contribution in [3.63, 3.8) is 0 Å². The molecule has 0 saturated carbocycles. The number of azo groups is 1. The normalized spacial score (nSPS) is 11.2.